The predicted molar refractivity (Wildman–Crippen MR) is 83.1 cm³/mol. The molecule has 0 aromatic carbocycles. The molecule has 1 aromatic rings. The quantitative estimate of drug-likeness (QED) is 0.614. The van der Waals surface area contributed by atoms with E-state index in [0.717, 1.165) is 11.2 Å². The van der Waals surface area contributed by atoms with Crippen LogP contribution >= 0.6 is 0 Å². The lowest BCUT2D eigenvalue weighted by molar-refractivity contribution is -0.109. The zero-order chi connectivity index (χ0) is 16.7. The van der Waals surface area contributed by atoms with Gasteiger partial charge in [0.25, 0.3) is 0 Å². The number of aromatic nitrogens is 1. The van der Waals surface area contributed by atoms with Crippen molar-refractivity contribution in [3.05, 3.63) is 11.5 Å². The van der Waals surface area contributed by atoms with Crippen molar-refractivity contribution < 1.29 is 23.3 Å². The molecule has 0 spiro atoms. The number of methoxy groups -OCH3 is 2. The molecule has 0 radical (unpaired) electrons. The van der Waals surface area contributed by atoms with Crippen LogP contribution in [0.5, 0.6) is 0 Å². The van der Waals surface area contributed by atoms with E-state index in [2.05, 4.69) is 5.16 Å². The SMILES string of the molecule is COC(OC)c1noc(C(C)C)c1B1OC(C)(C)C(C)(C)O1. The highest BCUT2D eigenvalue weighted by Crippen LogP contribution is 2.38. The van der Waals surface area contributed by atoms with Gasteiger partial charge in [-0.05, 0) is 27.7 Å². The molecule has 1 aromatic heterocycles. The lowest BCUT2D eigenvalue weighted by atomic mass is 9.75. The van der Waals surface area contributed by atoms with E-state index in [0.29, 0.717) is 5.69 Å². The van der Waals surface area contributed by atoms with Crippen LogP contribution in [-0.2, 0) is 18.8 Å². The standard InChI is InChI=1S/C15H26BNO5/c1-9(2)12-10(11(17-20-12)13(18-7)19-8)16-21-14(3,4)15(5,6)22-16/h9,13H,1-8H3. The summed E-state index contributed by atoms with van der Waals surface area (Å²) in [5.41, 5.74) is 0.459. The smallest absolute Gasteiger partial charge is 0.399 e. The van der Waals surface area contributed by atoms with Crippen LogP contribution in [0.3, 0.4) is 0 Å². The minimum atomic E-state index is -0.620. The van der Waals surface area contributed by atoms with E-state index in [-0.39, 0.29) is 5.92 Å². The van der Waals surface area contributed by atoms with Gasteiger partial charge in [0, 0.05) is 20.1 Å². The zero-order valence-electron chi connectivity index (χ0n) is 14.7. The summed E-state index contributed by atoms with van der Waals surface area (Å²) in [7, 11) is 2.56. The molecule has 1 aliphatic heterocycles. The van der Waals surface area contributed by atoms with Gasteiger partial charge in [0.2, 0.25) is 6.29 Å². The largest absolute Gasteiger partial charge is 0.500 e. The van der Waals surface area contributed by atoms with Crippen molar-refractivity contribution in [1.29, 1.82) is 0 Å². The highest BCUT2D eigenvalue weighted by molar-refractivity contribution is 6.63. The van der Waals surface area contributed by atoms with Crippen LogP contribution in [-0.4, -0.2) is 37.7 Å². The molecule has 0 unspecified atom stereocenters. The molecule has 7 heteroatoms. The first-order valence-corrected chi connectivity index (χ1v) is 7.55. The average Bonchev–Trinajstić information content (AvgIpc) is 2.91. The van der Waals surface area contributed by atoms with Crippen LogP contribution < -0.4 is 5.46 Å². The van der Waals surface area contributed by atoms with E-state index >= 15 is 0 Å². The number of ether oxygens (including phenoxy) is 2. The Morgan fingerprint density at radius 2 is 1.50 bits per heavy atom. The fraction of sp³-hybridized carbons (Fsp3) is 0.800. The Morgan fingerprint density at radius 3 is 1.91 bits per heavy atom. The lowest BCUT2D eigenvalue weighted by Crippen LogP contribution is -2.41. The summed E-state index contributed by atoms with van der Waals surface area (Å²) in [6.45, 7) is 12.1. The van der Waals surface area contributed by atoms with Crippen LogP contribution in [0.4, 0.5) is 0 Å². The third kappa shape index (κ3) is 2.83. The number of nitrogens with zero attached hydrogens (tertiary/aromatic N) is 1. The van der Waals surface area contributed by atoms with Gasteiger partial charge in [0.1, 0.15) is 11.5 Å². The van der Waals surface area contributed by atoms with Crippen molar-refractivity contribution in [1.82, 2.24) is 5.16 Å². The molecule has 22 heavy (non-hydrogen) atoms. The van der Waals surface area contributed by atoms with Gasteiger partial charge >= 0.3 is 7.12 Å². The Bertz CT molecular complexity index is 506. The molecular weight excluding hydrogens is 285 g/mol. The third-order valence-corrected chi connectivity index (χ3v) is 4.45. The second-order valence-corrected chi connectivity index (χ2v) is 6.89. The molecule has 1 aliphatic rings. The van der Waals surface area contributed by atoms with Gasteiger partial charge in [-0.1, -0.05) is 19.0 Å². The molecule has 2 heterocycles. The molecule has 6 nitrogen and oxygen atoms in total. The molecule has 124 valence electrons. The van der Waals surface area contributed by atoms with Crippen LogP contribution in [0.25, 0.3) is 0 Å². The third-order valence-electron chi connectivity index (χ3n) is 4.45. The second kappa shape index (κ2) is 5.96. The van der Waals surface area contributed by atoms with Gasteiger partial charge < -0.3 is 23.3 Å². The van der Waals surface area contributed by atoms with Crippen molar-refractivity contribution in [2.45, 2.75) is 65.0 Å². The molecule has 0 aliphatic carbocycles. The summed E-state index contributed by atoms with van der Waals surface area (Å²) in [6.07, 6.45) is -0.620. The number of rotatable bonds is 5. The van der Waals surface area contributed by atoms with Crippen LogP contribution in [0.2, 0.25) is 0 Å². The normalized spacial score (nSPS) is 20.4. The van der Waals surface area contributed by atoms with Gasteiger partial charge in [-0.3, -0.25) is 0 Å². The Morgan fingerprint density at radius 1 is 1.00 bits per heavy atom. The molecule has 0 saturated carbocycles. The first kappa shape index (κ1) is 17.5. The fourth-order valence-corrected chi connectivity index (χ4v) is 2.43. The minimum absolute atomic E-state index is 0.143. The maximum Gasteiger partial charge on any atom is 0.500 e. The van der Waals surface area contributed by atoms with E-state index in [4.69, 9.17) is 23.3 Å². The predicted octanol–water partition coefficient (Wildman–Crippen LogP) is 2.39. The Balaban J connectivity index is 2.47. The van der Waals surface area contributed by atoms with Gasteiger partial charge in [-0.25, -0.2) is 0 Å². The topological polar surface area (TPSA) is 63.0 Å². The Hall–Kier alpha value is -0.885. The highest BCUT2D eigenvalue weighted by Gasteiger charge is 2.54. The van der Waals surface area contributed by atoms with Gasteiger partial charge in [0.15, 0.2) is 0 Å². The van der Waals surface area contributed by atoms with Gasteiger partial charge in [-0.2, -0.15) is 0 Å². The van der Waals surface area contributed by atoms with Gasteiger partial charge in [0.05, 0.1) is 16.7 Å². The fourth-order valence-electron chi connectivity index (χ4n) is 2.43. The van der Waals surface area contributed by atoms with Crippen molar-refractivity contribution >= 4 is 12.6 Å². The summed E-state index contributed by atoms with van der Waals surface area (Å²) in [6, 6.07) is 0. The Kier molecular flexibility index (Phi) is 4.73. The molecule has 0 bridgehead atoms. The number of hydrogen-bond donors (Lipinski definition) is 0. The van der Waals surface area contributed by atoms with Crippen LogP contribution in [0, 0.1) is 0 Å². The zero-order valence-corrected chi connectivity index (χ0v) is 14.7. The summed E-state index contributed by atoms with van der Waals surface area (Å²) in [4.78, 5) is 0. The monoisotopic (exact) mass is 311 g/mol. The van der Waals surface area contributed by atoms with E-state index in [1.807, 2.05) is 41.5 Å². The van der Waals surface area contributed by atoms with Crippen molar-refractivity contribution in [2.24, 2.45) is 0 Å². The van der Waals surface area contributed by atoms with E-state index in [1.165, 1.54) is 0 Å². The molecular formula is C15H26BNO5. The molecule has 0 N–H and O–H groups in total. The summed E-state index contributed by atoms with van der Waals surface area (Å²) < 4.78 is 28.5. The molecule has 1 fully saturated rings. The second-order valence-electron chi connectivity index (χ2n) is 6.89. The van der Waals surface area contributed by atoms with Crippen LogP contribution in [0.15, 0.2) is 4.52 Å². The maximum atomic E-state index is 6.15. The first-order chi connectivity index (χ1) is 10.1. The van der Waals surface area contributed by atoms with Crippen LogP contribution in [0.1, 0.15) is 65.2 Å². The van der Waals surface area contributed by atoms with E-state index in [1.54, 1.807) is 14.2 Å². The lowest BCUT2D eigenvalue weighted by Gasteiger charge is -2.32. The number of hydrogen-bond acceptors (Lipinski definition) is 6. The average molecular weight is 311 g/mol. The molecule has 1 saturated heterocycles. The highest BCUT2D eigenvalue weighted by atomic mass is 16.7. The van der Waals surface area contributed by atoms with Crippen molar-refractivity contribution in [2.75, 3.05) is 14.2 Å². The van der Waals surface area contributed by atoms with E-state index < -0.39 is 24.6 Å². The van der Waals surface area contributed by atoms with Gasteiger partial charge in [-0.15, -0.1) is 0 Å². The maximum absolute atomic E-state index is 6.15. The Labute approximate surface area is 132 Å². The van der Waals surface area contributed by atoms with Crippen molar-refractivity contribution in [3.63, 3.8) is 0 Å². The summed E-state index contributed by atoms with van der Waals surface area (Å²) in [5, 5.41) is 4.13. The first-order valence-electron chi connectivity index (χ1n) is 7.55. The molecule has 0 amide bonds. The summed E-state index contributed by atoms with van der Waals surface area (Å²) >= 11 is 0. The molecule has 0 atom stereocenters. The molecule has 2 rings (SSSR count). The summed E-state index contributed by atoms with van der Waals surface area (Å²) in [5.74, 6) is 0.872. The minimum Gasteiger partial charge on any atom is -0.399 e. The van der Waals surface area contributed by atoms with Crippen molar-refractivity contribution in [3.8, 4) is 0 Å². The van der Waals surface area contributed by atoms with E-state index in [9.17, 15) is 0 Å².